The summed E-state index contributed by atoms with van der Waals surface area (Å²) in [6, 6.07) is 3.74. The monoisotopic (exact) mass is 466 g/mol. The van der Waals surface area contributed by atoms with Crippen molar-refractivity contribution in [1.29, 1.82) is 0 Å². The lowest BCUT2D eigenvalue weighted by atomic mass is 9.76. The molecule has 3 atom stereocenters. The Balaban J connectivity index is 2.94. The normalized spacial score (nSPS) is 14.7. The lowest BCUT2D eigenvalue weighted by Crippen LogP contribution is -2.30. The lowest BCUT2D eigenvalue weighted by molar-refractivity contribution is -0.155. The minimum absolute atomic E-state index is 0.0477. The Bertz CT molecular complexity index is 740. The fourth-order valence-corrected chi connectivity index (χ4v) is 3.71. The molecule has 1 aromatic heterocycles. The van der Waals surface area contributed by atoms with Crippen molar-refractivity contribution in [2.75, 3.05) is 0 Å². The number of rotatable bonds is 10. The van der Waals surface area contributed by atoms with E-state index in [9.17, 15) is 9.59 Å². The number of hydrogen-bond donors (Lipinski definition) is 1. The second kappa shape index (κ2) is 10.9. The van der Waals surface area contributed by atoms with E-state index in [0.717, 1.165) is 11.4 Å². The first kappa shape index (κ1) is 25.3. The average Bonchev–Trinajstić information content (AvgIpc) is 2.64. The average molecular weight is 467 g/mol. The molecule has 0 radical (unpaired) electrons. The van der Waals surface area contributed by atoms with Gasteiger partial charge in [-0.05, 0) is 51.7 Å². The van der Waals surface area contributed by atoms with E-state index in [1.807, 2.05) is 53.7 Å². The third kappa shape index (κ3) is 7.57. The summed E-state index contributed by atoms with van der Waals surface area (Å²) in [6.07, 6.45) is 1.43. The Morgan fingerprint density at radius 3 is 2.38 bits per heavy atom. The molecule has 0 fully saturated rings. The quantitative estimate of drug-likeness (QED) is 0.290. The molecule has 2 N–H and O–H groups in total. The van der Waals surface area contributed by atoms with Crippen molar-refractivity contribution in [3.05, 3.63) is 41.4 Å². The van der Waals surface area contributed by atoms with Crippen LogP contribution in [0.5, 0.6) is 0 Å². The van der Waals surface area contributed by atoms with Gasteiger partial charge < -0.3 is 10.5 Å². The fraction of sp³-hybridized carbons (Fsp3) is 0.609. The number of hydrogen-bond acceptors (Lipinski definition) is 5. The van der Waals surface area contributed by atoms with Gasteiger partial charge in [-0.1, -0.05) is 43.3 Å². The predicted octanol–water partition coefficient (Wildman–Crippen LogP) is 5.20. The summed E-state index contributed by atoms with van der Waals surface area (Å²) in [5.41, 5.74) is 8.39. The van der Waals surface area contributed by atoms with Crippen molar-refractivity contribution in [2.45, 2.75) is 71.7 Å². The minimum atomic E-state index is -0.522. The van der Waals surface area contributed by atoms with E-state index in [0.29, 0.717) is 29.4 Å². The zero-order chi connectivity index (χ0) is 22.4. The molecule has 0 aromatic carbocycles. The summed E-state index contributed by atoms with van der Waals surface area (Å²) in [5, 5.41) is 0.653. The molecule has 29 heavy (non-hydrogen) atoms. The van der Waals surface area contributed by atoms with Crippen LogP contribution in [0.1, 0.15) is 76.1 Å². The fourth-order valence-electron chi connectivity index (χ4n) is 3.40. The molecule has 0 amide bonds. The highest BCUT2D eigenvalue weighted by Gasteiger charge is 2.31. The van der Waals surface area contributed by atoms with Gasteiger partial charge in [-0.25, -0.2) is 0 Å². The molecule has 162 valence electrons. The number of carbonyl (C=O) groups is 2. The molecule has 0 aliphatic heterocycles. The first-order valence-electron chi connectivity index (χ1n) is 10.2. The van der Waals surface area contributed by atoms with Crippen molar-refractivity contribution < 1.29 is 14.3 Å². The van der Waals surface area contributed by atoms with Gasteiger partial charge in [0.25, 0.3) is 0 Å². The third-order valence-electron chi connectivity index (χ3n) is 5.16. The van der Waals surface area contributed by atoms with Crippen LogP contribution in [0.4, 0.5) is 0 Å². The van der Waals surface area contributed by atoms with E-state index in [-0.39, 0.29) is 35.9 Å². The van der Waals surface area contributed by atoms with Crippen LogP contribution < -0.4 is 5.73 Å². The zero-order valence-corrected chi connectivity index (χ0v) is 20.1. The maximum Gasteiger partial charge on any atom is 0.306 e. The molecule has 5 nitrogen and oxygen atoms in total. The second-order valence-electron chi connectivity index (χ2n) is 8.60. The maximum atomic E-state index is 13.2. The molecule has 0 aliphatic carbocycles. The zero-order valence-electron chi connectivity index (χ0n) is 18.5. The standard InChI is InChI=1S/C23H35BrN2O3/c1-8-20-19(10-9-17(13-24)26-20)22(28)15(3)14(2)18(16(4)25)11-12-21(27)29-23(5,6)7/h9-10,14-15,18H,4,8,11-13,25H2,1-3,5-7H3. The smallest absolute Gasteiger partial charge is 0.306 e. The number of halogens is 1. The van der Waals surface area contributed by atoms with E-state index in [2.05, 4.69) is 27.5 Å². The molecule has 0 saturated carbocycles. The van der Waals surface area contributed by atoms with Crippen LogP contribution in [0, 0.1) is 17.8 Å². The van der Waals surface area contributed by atoms with Gasteiger partial charge in [0.15, 0.2) is 5.78 Å². The van der Waals surface area contributed by atoms with E-state index in [1.54, 1.807) is 0 Å². The van der Waals surface area contributed by atoms with Gasteiger partial charge in [0.1, 0.15) is 5.60 Å². The Morgan fingerprint density at radius 1 is 1.28 bits per heavy atom. The number of aryl methyl sites for hydroxylation is 1. The predicted molar refractivity (Wildman–Crippen MR) is 121 cm³/mol. The van der Waals surface area contributed by atoms with Gasteiger partial charge in [-0.15, -0.1) is 0 Å². The third-order valence-corrected chi connectivity index (χ3v) is 5.74. The Morgan fingerprint density at radius 2 is 1.90 bits per heavy atom. The van der Waals surface area contributed by atoms with Crippen LogP contribution >= 0.6 is 15.9 Å². The number of allylic oxidation sites excluding steroid dienone is 1. The van der Waals surface area contributed by atoms with Crippen LogP contribution in [0.15, 0.2) is 24.4 Å². The number of carbonyl (C=O) groups excluding carboxylic acids is 2. The van der Waals surface area contributed by atoms with Crippen LogP contribution in [-0.2, 0) is 21.3 Å². The number of Topliss-reactive ketones (excluding diaryl/α,β-unsaturated/α-hetero) is 1. The summed E-state index contributed by atoms with van der Waals surface area (Å²) in [5.74, 6) is -0.713. The van der Waals surface area contributed by atoms with Gasteiger partial charge in [0.05, 0.1) is 11.4 Å². The van der Waals surface area contributed by atoms with Gasteiger partial charge in [-0.3, -0.25) is 14.6 Å². The first-order chi connectivity index (χ1) is 13.4. The van der Waals surface area contributed by atoms with Gasteiger partial charge in [0.2, 0.25) is 0 Å². The second-order valence-corrected chi connectivity index (χ2v) is 9.16. The van der Waals surface area contributed by atoms with Gasteiger partial charge >= 0.3 is 5.97 Å². The van der Waals surface area contributed by atoms with Crippen LogP contribution in [0.3, 0.4) is 0 Å². The molecule has 6 heteroatoms. The Labute approximate surface area is 183 Å². The molecule has 0 aliphatic rings. The topological polar surface area (TPSA) is 82.3 Å². The summed E-state index contributed by atoms with van der Waals surface area (Å²) >= 11 is 3.41. The number of esters is 1. The van der Waals surface area contributed by atoms with Crippen molar-refractivity contribution in [3.8, 4) is 0 Å². The van der Waals surface area contributed by atoms with Crippen LogP contribution in [0.25, 0.3) is 0 Å². The Kier molecular flexibility index (Phi) is 9.53. The SMILES string of the molecule is C=C(N)C(CCC(=O)OC(C)(C)C)C(C)C(C)C(=O)c1ccc(CBr)nc1CC. The van der Waals surface area contributed by atoms with Crippen LogP contribution in [-0.4, -0.2) is 22.3 Å². The molecule has 1 heterocycles. The number of aromatic nitrogens is 1. The summed E-state index contributed by atoms with van der Waals surface area (Å²) in [6.45, 7) is 15.3. The largest absolute Gasteiger partial charge is 0.460 e. The van der Waals surface area contributed by atoms with Crippen molar-refractivity contribution in [1.82, 2.24) is 4.98 Å². The van der Waals surface area contributed by atoms with E-state index >= 15 is 0 Å². The van der Waals surface area contributed by atoms with Crippen molar-refractivity contribution >= 4 is 27.7 Å². The summed E-state index contributed by atoms with van der Waals surface area (Å²) in [4.78, 5) is 29.9. The highest BCUT2D eigenvalue weighted by molar-refractivity contribution is 9.08. The molecule has 1 rings (SSSR count). The highest BCUT2D eigenvalue weighted by atomic mass is 79.9. The van der Waals surface area contributed by atoms with E-state index in [1.165, 1.54) is 0 Å². The summed E-state index contributed by atoms with van der Waals surface area (Å²) in [7, 11) is 0. The minimum Gasteiger partial charge on any atom is -0.460 e. The molecular weight excluding hydrogens is 432 g/mol. The molecule has 0 spiro atoms. The van der Waals surface area contributed by atoms with Gasteiger partial charge in [0, 0.05) is 34.8 Å². The lowest BCUT2D eigenvalue weighted by Gasteiger charge is -2.29. The number of nitrogens with two attached hydrogens (primary N) is 1. The number of alkyl halides is 1. The number of pyridine rings is 1. The van der Waals surface area contributed by atoms with Gasteiger partial charge in [-0.2, -0.15) is 0 Å². The number of ketones is 1. The molecular formula is C23H35BrN2O3. The van der Waals surface area contributed by atoms with Crippen molar-refractivity contribution in [3.63, 3.8) is 0 Å². The van der Waals surface area contributed by atoms with Crippen molar-refractivity contribution in [2.24, 2.45) is 23.5 Å². The molecule has 0 saturated heterocycles. The molecule has 0 bridgehead atoms. The number of nitrogens with zero attached hydrogens (tertiary/aromatic N) is 1. The van der Waals surface area contributed by atoms with E-state index in [4.69, 9.17) is 10.5 Å². The van der Waals surface area contributed by atoms with E-state index < -0.39 is 5.60 Å². The van der Waals surface area contributed by atoms with Crippen LogP contribution in [0.2, 0.25) is 0 Å². The Hall–Kier alpha value is -1.69. The number of ether oxygens (including phenoxy) is 1. The summed E-state index contributed by atoms with van der Waals surface area (Å²) < 4.78 is 5.39. The first-order valence-corrected chi connectivity index (χ1v) is 11.3. The molecule has 3 unspecified atom stereocenters. The highest BCUT2D eigenvalue weighted by Crippen LogP contribution is 2.31. The molecule has 1 aromatic rings. The maximum absolute atomic E-state index is 13.2.